The lowest BCUT2D eigenvalue weighted by Gasteiger charge is -1.81. The van der Waals surface area contributed by atoms with Crippen LogP contribution in [0.5, 0.6) is 0 Å². The van der Waals surface area contributed by atoms with Gasteiger partial charge in [-0.25, -0.2) is 0 Å². The summed E-state index contributed by atoms with van der Waals surface area (Å²) in [5, 5.41) is 10.8. The third-order valence-electron chi connectivity index (χ3n) is 0.954. The monoisotopic (exact) mass is 169 g/mol. The molecule has 0 aliphatic rings. The average Bonchev–Trinajstić information content (AvgIpc) is 2.31. The molecule has 0 amide bonds. The predicted molar refractivity (Wildman–Crippen MR) is 44.0 cm³/mol. The molecule has 1 aromatic rings. The van der Waals surface area contributed by atoms with Crippen molar-refractivity contribution in [2.24, 2.45) is 0 Å². The van der Waals surface area contributed by atoms with Crippen molar-refractivity contribution in [2.45, 2.75) is 0 Å². The predicted octanol–water partition coefficient (Wildman–Crippen LogP) is 2.94. The maximum absolute atomic E-state index is 8.18. The number of allylic oxidation sites excluding steroid dienone is 1. The molecule has 0 atom stereocenters. The lowest BCUT2D eigenvalue weighted by atomic mass is 10.4. The van der Waals surface area contributed by atoms with E-state index in [2.05, 4.69) is 0 Å². The molecular formula is C7H4ClNS. The Morgan fingerprint density at radius 2 is 2.50 bits per heavy atom. The highest BCUT2D eigenvalue weighted by Crippen LogP contribution is 2.22. The Morgan fingerprint density at radius 3 is 3.00 bits per heavy atom. The fraction of sp³-hybridized carbons (Fsp3) is 0. The molecular weight excluding hydrogens is 166 g/mol. The Bertz CT molecular complexity index is 282. The molecule has 0 unspecified atom stereocenters. The van der Waals surface area contributed by atoms with Crippen LogP contribution in [0.1, 0.15) is 4.88 Å². The molecule has 10 heavy (non-hydrogen) atoms. The molecule has 50 valence electrons. The number of thiophene rings is 1. The van der Waals surface area contributed by atoms with Gasteiger partial charge in [-0.2, -0.15) is 5.26 Å². The van der Waals surface area contributed by atoms with E-state index in [-0.39, 0.29) is 0 Å². The first-order valence-electron chi connectivity index (χ1n) is 2.64. The maximum atomic E-state index is 8.18. The van der Waals surface area contributed by atoms with E-state index in [1.807, 2.05) is 17.5 Å². The van der Waals surface area contributed by atoms with Gasteiger partial charge in [0, 0.05) is 11.0 Å². The van der Waals surface area contributed by atoms with Crippen molar-refractivity contribution in [1.82, 2.24) is 0 Å². The Labute approximate surface area is 68.2 Å². The fourth-order valence-corrected chi connectivity index (χ4v) is 1.55. The van der Waals surface area contributed by atoms with E-state index in [1.54, 1.807) is 6.08 Å². The molecule has 0 fully saturated rings. The van der Waals surface area contributed by atoms with Crippen LogP contribution in [0.15, 0.2) is 17.5 Å². The van der Waals surface area contributed by atoms with Crippen molar-refractivity contribution >= 4 is 29.0 Å². The number of rotatable bonds is 1. The summed E-state index contributed by atoms with van der Waals surface area (Å²) in [6.45, 7) is 0. The molecule has 0 spiro atoms. The van der Waals surface area contributed by atoms with Crippen LogP contribution < -0.4 is 0 Å². The van der Waals surface area contributed by atoms with Gasteiger partial charge in [0.05, 0.1) is 11.1 Å². The van der Waals surface area contributed by atoms with Gasteiger partial charge in [0.25, 0.3) is 0 Å². The minimum absolute atomic E-state index is 0.705. The van der Waals surface area contributed by atoms with Crippen LogP contribution in [-0.2, 0) is 0 Å². The van der Waals surface area contributed by atoms with Crippen LogP contribution in [0.25, 0.3) is 6.08 Å². The van der Waals surface area contributed by atoms with Gasteiger partial charge in [0.1, 0.15) is 0 Å². The van der Waals surface area contributed by atoms with Crippen LogP contribution in [0.2, 0.25) is 5.02 Å². The first kappa shape index (κ1) is 7.33. The second kappa shape index (κ2) is 3.40. The molecule has 1 rings (SSSR count). The molecule has 0 saturated heterocycles. The maximum Gasteiger partial charge on any atom is 0.0912 e. The summed E-state index contributed by atoms with van der Waals surface area (Å²) in [5.74, 6) is 0. The van der Waals surface area contributed by atoms with Crippen molar-refractivity contribution < 1.29 is 0 Å². The molecule has 0 N–H and O–H groups in total. The molecule has 3 heteroatoms. The molecule has 0 saturated carbocycles. The zero-order valence-corrected chi connectivity index (χ0v) is 6.62. The van der Waals surface area contributed by atoms with Crippen molar-refractivity contribution in [3.8, 4) is 6.07 Å². The van der Waals surface area contributed by atoms with Crippen LogP contribution in [0.4, 0.5) is 0 Å². The summed E-state index contributed by atoms with van der Waals surface area (Å²) in [5.41, 5.74) is 0. The van der Waals surface area contributed by atoms with Gasteiger partial charge in [-0.3, -0.25) is 0 Å². The van der Waals surface area contributed by atoms with Gasteiger partial charge in [-0.15, -0.1) is 11.3 Å². The summed E-state index contributed by atoms with van der Waals surface area (Å²) in [6, 6.07) is 3.71. The first-order chi connectivity index (χ1) is 4.84. The van der Waals surface area contributed by atoms with Gasteiger partial charge in [-0.05, 0) is 17.5 Å². The highest BCUT2D eigenvalue weighted by Gasteiger charge is 1.94. The average molecular weight is 170 g/mol. The van der Waals surface area contributed by atoms with E-state index in [0.717, 1.165) is 4.88 Å². The van der Waals surface area contributed by atoms with Crippen molar-refractivity contribution in [3.63, 3.8) is 0 Å². The SMILES string of the molecule is N#C/C=C/c1sccc1Cl. The van der Waals surface area contributed by atoms with E-state index >= 15 is 0 Å². The molecule has 1 nitrogen and oxygen atoms in total. The van der Waals surface area contributed by atoms with Crippen LogP contribution in [-0.4, -0.2) is 0 Å². The molecule has 0 bridgehead atoms. The van der Waals surface area contributed by atoms with Crippen LogP contribution in [0.3, 0.4) is 0 Å². The van der Waals surface area contributed by atoms with E-state index in [9.17, 15) is 0 Å². The van der Waals surface area contributed by atoms with Gasteiger partial charge >= 0.3 is 0 Å². The summed E-state index contributed by atoms with van der Waals surface area (Å²) in [7, 11) is 0. The molecule has 1 aromatic heterocycles. The topological polar surface area (TPSA) is 23.8 Å². The number of halogens is 1. The van der Waals surface area contributed by atoms with E-state index in [4.69, 9.17) is 16.9 Å². The molecule has 0 radical (unpaired) electrons. The second-order valence-electron chi connectivity index (χ2n) is 1.60. The number of hydrogen-bond donors (Lipinski definition) is 0. The highest BCUT2D eigenvalue weighted by atomic mass is 35.5. The highest BCUT2D eigenvalue weighted by molar-refractivity contribution is 7.11. The van der Waals surface area contributed by atoms with E-state index < -0.39 is 0 Å². The summed E-state index contributed by atoms with van der Waals surface area (Å²) < 4.78 is 0. The van der Waals surface area contributed by atoms with Gasteiger partial charge in [0.15, 0.2) is 0 Å². The third-order valence-corrected chi connectivity index (χ3v) is 2.28. The number of hydrogen-bond acceptors (Lipinski definition) is 2. The molecule has 1 heterocycles. The summed E-state index contributed by atoms with van der Waals surface area (Å²) in [6.07, 6.45) is 3.12. The minimum atomic E-state index is 0.705. The minimum Gasteiger partial charge on any atom is -0.193 e. The normalized spacial score (nSPS) is 10.0. The number of nitrogens with zero attached hydrogens (tertiary/aromatic N) is 1. The first-order valence-corrected chi connectivity index (χ1v) is 3.89. The lowest BCUT2D eigenvalue weighted by Crippen LogP contribution is -1.58. The van der Waals surface area contributed by atoms with Gasteiger partial charge in [0.2, 0.25) is 0 Å². The van der Waals surface area contributed by atoms with Gasteiger partial charge in [-0.1, -0.05) is 11.6 Å². The Morgan fingerprint density at radius 1 is 1.70 bits per heavy atom. The zero-order valence-electron chi connectivity index (χ0n) is 5.04. The van der Waals surface area contributed by atoms with Crippen LogP contribution >= 0.6 is 22.9 Å². The fourth-order valence-electron chi connectivity index (χ4n) is 0.537. The second-order valence-corrected chi connectivity index (χ2v) is 2.95. The lowest BCUT2D eigenvalue weighted by molar-refractivity contribution is 1.54. The van der Waals surface area contributed by atoms with Crippen LogP contribution in [0, 0.1) is 11.3 Å². The van der Waals surface area contributed by atoms with Crippen molar-refractivity contribution in [1.29, 1.82) is 5.26 Å². The third kappa shape index (κ3) is 1.60. The van der Waals surface area contributed by atoms with Crippen molar-refractivity contribution in [2.75, 3.05) is 0 Å². The summed E-state index contributed by atoms with van der Waals surface area (Å²) in [4.78, 5) is 0.934. The standard InChI is InChI=1S/C7H4ClNS/c8-6-3-5-10-7(6)2-1-4-9/h1-3,5H/b2-1+. The Hall–Kier alpha value is -0.780. The van der Waals surface area contributed by atoms with E-state index in [0.29, 0.717) is 5.02 Å². The zero-order chi connectivity index (χ0) is 7.40. The molecule has 0 aliphatic carbocycles. The smallest absolute Gasteiger partial charge is 0.0912 e. The molecule has 0 aliphatic heterocycles. The Kier molecular flexibility index (Phi) is 2.49. The van der Waals surface area contributed by atoms with E-state index in [1.165, 1.54) is 17.4 Å². The summed E-state index contributed by atoms with van der Waals surface area (Å²) >= 11 is 7.24. The van der Waals surface area contributed by atoms with Gasteiger partial charge < -0.3 is 0 Å². The van der Waals surface area contributed by atoms with Crippen molar-refractivity contribution in [3.05, 3.63) is 27.4 Å². The number of nitriles is 1. The quantitative estimate of drug-likeness (QED) is 0.593. The largest absolute Gasteiger partial charge is 0.193 e. The Balaban J connectivity index is 2.87. The molecule has 0 aromatic carbocycles.